The first-order valence-corrected chi connectivity index (χ1v) is 0.612. The van der Waals surface area contributed by atoms with E-state index in [0.29, 0.717) is 0 Å². The van der Waals surface area contributed by atoms with E-state index in [9.17, 15) is 0 Å². The first kappa shape index (κ1) is 347. The fraction of sp³-hybridized carbons (Fsp3) is 0. The molecule has 0 radical (unpaired) electrons. The van der Waals surface area contributed by atoms with Crippen molar-refractivity contribution in [2.24, 2.45) is 0 Å². The van der Waals surface area contributed by atoms with Gasteiger partial charge in [-0.3, -0.25) is 0 Å². The molecule has 0 saturated carbocycles. The van der Waals surface area contributed by atoms with Crippen LogP contribution in [-0.4, -0.2) is 60.9 Å². The molecule has 0 unspecified atom stereocenters. The molecule has 0 atom stereocenters. The van der Waals surface area contributed by atoms with Gasteiger partial charge in [-0.1, -0.05) is 0 Å². The molecule has 0 aromatic rings. The molecule has 0 heterocycles. The van der Waals surface area contributed by atoms with Crippen LogP contribution in [0.1, 0.15) is 0 Å². The average Bonchev–Trinajstić information content (AvgIpc) is 0.811. The Morgan fingerprint density at radius 3 is 0.533 bits per heavy atom. The molecule has 0 spiro atoms. The summed E-state index contributed by atoms with van der Waals surface area (Å²) in [5.74, 6) is 0. The summed E-state index contributed by atoms with van der Waals surface area (Å²) in [6, 6.07) is 0. The maximum atomic E-state index is 8.33. The largest absolute Gasteiger partial charge is 1.00 e. The van der Waals surface area contributed by atoms with E-state index in [-0.39, 0.29) is 84.3 Å². The van der Waals surface area contributed by atoms with Gasteiger partial charge in [0.1, 0.15) is 0 Å². The molecule has 13 nitrogen and oxygen atoms in total. The molecule has 0 aliphatic rings. The third kappa shape index (κ3) is 116000. The summed E-state index contributed by atoms with van der Waals surface area (Å²) in [5.41, 5.74) is 0. The van der Waals surface area contributed by atoms with Gasteiger partial charge in [0.25, 0.3) is 0 Å². The van der Waals surface area contributed by atoms with Crippen molar-refractivity contribution in [2.45, 2.75) is 0 Å². The smallest absolute Gasteiger partial charge is 0.652 e. The predicted molar refractivity (Wildman–Crippen MR) is 41.5 cm³/mol. The molecule has 0 saturated heterocycles. The second-order valence-electron chi connectivity index (χ2n) is 0.250. The summed E-state index contributed by atoms with van der Waals surface area (Å²) in [6.45, 7) is 0. The third-order valence-corrected chi connectivity index (χ3v) is 0. The van der Waals surface area contributed by atoms with E-state index in [4.69, 9.17) is 15.0 Å². The zero-order valence-electron chi connectivity index (χ0n) is 7.72. The van der Waals surface area contributed by atoms with Crippen molar-refractivity contribution >= 4 is 6.16 Å². The van der Waals surface area contributed by atoms with E-state index in [1.807, 2.05) is 0 Å². The summed E-state index contributed by atoms with van der Waals surface area (Å²) in [4.78, 5) is 8.33. The van der Waals surface area contributed by atoms with Crippen molar-refractivity contribution in [3.8, 4) is 0 Å². The van der Waals surface area contributed by atoms with Gasteiger partial charge in [-0.05, 0) is 6.16 Å². The molecular formula is CH20NaO13-. The SMILES string of the molecule is O.O.O.O.O.O.O.O.O.O.O=C([O-])[O-].[Na+]. The Kier molecular flexibility index (Phi) is 6460. The zero-order valence-corrected chi connectivity index (χ0v) is 9.72. The Morgan fingerprint density at radius 2 is 0.533 bits per heavy atom. The molecule has 0 bridgehead atoms. The van der Waals surface area contributed by atoms with Crippen LogP contribution in [-0.2, 0) is 0 Å². The fourth-order valence-electron chi connectivity index (χ4n) is 0. The molecule has 0 amide bonds. The minimum Gasteiger partial charge on any atom is -0.652 e. The van der Waals surface area contributed by atoms with Gasteiger partial charge in [0, 0.05) is 0 Å². The number of carbonyl (C=O) groups is 1. The van der Waals surface area contributed by atoms with Crippen molar-refractivity contribution in [3.05, 3.63) is 0 Å². The van der Waals surface area contributed by atoms with Crippen LogP contribution < -0.4 is 39.8 Å². The van der Waals surface area contributed by atoms with Crippen LogP contribution in [0.4, 0.5) is 4.79 Å². The van der Waals surface area contributed by atoms with Gasteiger partial charge >= 0.3 is 29.6 Å². The van der Waals surface area contributed by atoms with Crippen molar-refractivity contribution in [1.82, 2.24) is 0 Å². The van der Waals surface area contributed by atoms with E-state index < -0.39 is 6.16 Å². The van der Waals surface area contributed by atoms with Crippen LogP contribution in [0, 0.1) is 0 Å². The summed E-state index contributed by atoms with van der Waals surface area (Å²) >= 11 is 0. The van der Waals surface area contributed by atoms with Gasteiger partial charge in [0.05, 0.1) is 0 Å². The maximum absolute atomic E-state index is 8.33. The van der Waals surface area contributed by atoms with Gasteiger partial charge in [0.2, 0.25) is 0 Å². The zero-order chi connectivity index (χ0) is 3.58. The molecule has 0 rings (SSSR count). The molecule has 104 valence electrons. The summed E-state index contributed by atoms with van der Waals surface area (Å²) < 4.78 is 0. The van der Waals surface area contributed by atoms with Crippen molar-refractivity contribution < 1.29 is 99.3 Å². The van der Waals surface area contributed by atoms with Crippen molar-refractivity contribution in [3.63, 3.8) is 0 Å². The van der Waals surface area contributed by atoms with Crippen LogP contribution in [0.2, 0.25) is 0 Å². The molecule has 0 aromatic heterocycles. The van der Waals surface area contributed by atoms with E-state index >= 15 is 0 Å². The fourth-order valence-corrected chi connectivity index (χ4v) is 0. The molecule has 15 heavy (non-hydrogen) atoms. The van der Waals surface area contributed by atoms with Crippen LogP contribution in [0.15, 0.2) is 0 Å². The summed E-state index contributed by atoms with van der Waals surface area (Å²) in [5, 5.41) is 16.7. The Bertz CT molecular complexity index is 33.5. The van der Waals surface area contributed by atoms with E-state index in [1.165, 1.54) is 0 Å². The maximum Gasteiger partial charge on any atom is 1.00 e. The molecule has 0 aliphatic carbocycles. The molecule has 14 heteroatoms. The molecule has 0 aromatic carbocycles. The van der Waals surface area contributed by atoms with Crippen molar-refractivity contribution in [1.29, 1.82) is 0 Å². The number of rotatable bonds is 0. The van der Waals surface area contributed by atoms with Gasteiger partial charge in [-0.15, -0.1) is 0 Å². The molecule has 0 aliphatic heterocycles. The number of hydrogen-bond acceptors (Lipinski definition) is 3. The Labute approximate surface area is 106 Å². The average molecular weight is 263 g/mol. The molecular weight excluding hydrogens is 243 g/mol. The number of hydrogen-bond donors (Lipinski definition) is 0. The second kappa shape index (κ2) is 279. The van der Waals surface area contributed by atoms with Gasteiger partial charge in [-0.25, -0.2) is 0 Å². The number of carboxylic acid groups (broad SMARTS) is 2. The predicted octanol–water partition coefficient (Wildman–Crippen LogP) is -13.7. The Balaban J connectivity index is -0.000000000818. The topological polar surface area (TPSA) is 378 Å². The quantitative estimate of drug-likeness (QED) is 0.384. The van der Waals surface area contributed by atoms with Gasteiger partial charge in [-0.2, -0.15) is 0 Å². The van der Waals surface area contributed by atoms with E-state index in [2.05, 4.69) is 0 Å². The second-order valence-corrected chi connectivity index (χ2v) is 0.250. The summed E-state index contributed by atoms with van der Waals surface area (Å²) in [7, 11) is 0. The summed E-state index contributed by atoms with van der Waals surface area (Å²) in [6.07, 6.45) is -2.33. The van der Waals surface area contributed by atoms with Gasteiger partial charge in [0.15, 0.2) is 0 Å². The van der Waals surface area contributed by atoms with Crippen LogP contribution >= 0.6 is 0 Å². The first-order valence-electron chi connectivity index (χ1n) is 0.612. The Morgan fingerprint density at radius 1 is 0.533 bits per heavy atom. The monoisotopic (exact) mass is 263 g/mol. The first-order chi connectivity index (χ1) is 1.73. The standard InChI is InChI=1S/CH2O3.Na.10H2O/c2-1(3)4;;;;;;;;;;;/h(H2,2,3,4);;10*1H2/q;+1;;;;;;;;;;/p-2. The minimum absolute atomic E-state index is 0. The molecule has 20 N–H and O–H groups in total. The van der Waals surface area contributed by atoms with Crippen LogP contribution in [0.3, 0.4) is 0 Å². The molecule has 0 fully saturated rings. The minimum atomic E-state index is -2.33. The number of carbonyl (C=O) groups excluding carboxylic acids is 1. The van der Waals surface area contributed by atoms with Crippen LogP contribution in [0.5, 0.6) is 0 Å². The van der Waals surface area contributed by atoms with Crippen LogP contribution in [0.25, 0.3) is 0 Å². The Hall–Kier alpha value is -0.130. The van der Waals surface area contributed by atoms with Gasteiger partial charge < -0.3 is 69.8 Å². The van der Waals surface area contributed by atoms with E-state index in [0.717, 1.165) is 0 Å². The van der Waals surface area contributed by atoms with Crippen molar-refractivity contribution in [2.75, 3.05) is 0 Å². The third-order valence-electron chi connectivity index (χ3n) is 0. The normalized spacial score (nSPS) is 1.60. The van der Waals surface area contributed by atoms with E-state index in [1.54, 1.807) is 0 Å².